The van der Waals surface area contributed by atoms with E-state index in [2.05, 4.69) is 0 Å². The maximum atomic E-state index is 11.6. The Morgan fingerprint density at radius 2 is 1.00 bits per heavy atom. The molecule has 0 spiro atoms. The Labute approximate surface area is 73.2 Å². The van der Waals surface area contributed by atoms with Crippen molar-refractivity contribution >= 4 is 0 Å². The summed E-state index contributed by atoms with van der Waals surface area (Å²) in [6, 6.07) is 0. The van der Waals surface area contributed by atoms with Gasteiger partial charge in [-0.1, -0.05) is 0 Å². The van der Waals surface area contributed by atoms with Crippen LogP contribution in [0.15, 0.2) is 11.7 Å². The molecule has 0 aromatic carbocycles. The SMILES string of the molecule is FC(F)=C(CC(F)(F)F)CC(F)(F)F. The first kappa shape index (κ1) is 13.2. The smallest absolute Gasteiger partial charge is 0.173 e. The van der Waals surface area contributed by atoms with Gasteiger partial charge in [0, 0.05) is 5.57 Å². The lowest BCUT2D eigenvalue weighted by Crippen LogP contribution is -2.15. The van der Waals surface area contributed by atoms with Gasteiger partial charge in [-0.05, 0) is 0 Å². The van der Waals surface area contributed by atoms with E-state index in [-0.39, 0.29) is 0 Å². The molecule has 0 aliphatic heterocycles. The van der Waals surface area contributed by atoms with Crippen molar-refractivity contribution in [3.8, 4) is 0 Å². The lowest BCUT2D eigenvalue weighted by molar-refractivity contribution is -0.143. The van der Waals surface area contributed by atoms with E-state index in [1.54, 1.807) is 0 Å². The molecule has 0 radical (unpaired) electrons. The number of hydrogen-bond acceptors (Lipinski definition) is 0. The van der Waals surface area contributed by atoms with Gasteiger partial charge in [-0.15, -0.1) is 0 Å². The highest BCUT2D eigenvalue weighted by Gasteiger charge is 2.37. The lowest BCUT2D eigenvalue weighted by atomic mass is 10.1. The summed E-state index contributed by atoms with van der Waals surface area (Å²) in [7, 11) is 0. The molecule has 0 atom stereocenters. The molecular formula is C6H4F8. The number of allylic oxidation sites excluding steroid dienone is 1. The van der Waals surface area contributed by atoms with Crippen molar-refractivity contribution < 1.29 is 35.1 Å². The maximum Gasteiger partial charge on any atom is 0.392 e. The molecule has 0 amide bonds. The highest BCUT2D eigenvalue weighted by molar-refractivity contribution is 5.05. The van der Waals surface area contributed by atoms with Crippen molar-refractivity contribution in [1.82, 2.24) is 0 Å². The third-order valence-corrected chi connectivity index (χ3v) is 1.09. The molecule has 84 valence electrons. The Morgan fingerprint density at radius 3 is 1.14 bits per heavy atom. The van der Waals surface area contributed by atoms with Gasteiger partial charge >= 0.3 is 12.4 Å². The Bertz CT molecular complexity index is 197. The summed E-state index contributed by atoms with van der Waals surface area (Å²) in [5.41, 5.74) is -1.94. The van der Waals surface area contributed by atoms with Crippen LogP contribution in [0.5, 0.6) is 0 Å². The number of alkyl halides is 6. The van der Waals surface area contributed by atoms with Crippen molar-refractivity contribution in [1.29, 1.82) is 0 Å². The van der Waals surface area contributed by atoms with Gasteiger partial charge in [0.15, 0.2) is 0 Å². The summed E-state index contributed by atoms with van der Waals surface area (Å²) in [6.07, 6.45) is -17.5. The minimum Gasteiger partial charge on any atom is -0.173 e. The fourth-order valence-corrected chi connectivity index (χ4v) is 0.680. The highest BCUT2D eigenvalue weighted by atomic mass is 19.4. The van der Waals surface area contributed by atoms with E-state index in [1.165, 1.54) is 0 Å². The summed E-state index contributed by atoms with van der Waals surface area (Å²) in [5.74, 6) is 0. The van der Waals surface area contributed by atoms with Crippen molar-refractivity contribution in [2.45, 2.75) is 25.2 Å². The van der Waals surface area contributed by atoms with Crippen LogP contribution in [0.4, 0.5) is 35.1 Å². The van der Waals surface area contributed by atoms with Crippen LogP contribution < -0.4 is 0 Å². The summed E-state index contributed by atoms with van der Waals surface area (Å²) >= 11 is 0. The third-order valence-electron chi connectivity index (χ3n) is 1.09. The topological polar surface area (TPSA) is 0 Å². The minimum atomic E-state index is -5.07. The van der Waals surface area contributed by atoms with Gasteiger partial charge in [-0.2, -0.15) is 35.1 Å². The van der Waals surface area contributed by atoms with Crippen LogP contribution in [0.3, 0.4) is 0 Å². The van der Waals surface area contributed by atoms with Crippen molar-refractivity contribution in [3.63, 3.8) is 0 Å². The van der Waals surface area contributed by atoms with E-state index in [1.807, 2.05) is 0 Å². The van der Waals surface area contributed by atoms with Crippen LogP contribution in [0, 0.1) is 0 Å². The Kier molecular flexibility index (Phi) is 3.90. The quantitative estimate of drug-likeness (QED) is 0.625. The molecule has 0 N–H and O–H groups in total. The van der Waals surface area contributed by atoms with Crippen LogP contribution >= 0.6 is 0 Å². The zero-order chi connectivity index (χ0) is 11.6. The maximum absolute atomic E-state index is 11.6. The van der Waals surface area contributed by atoms with Crippen LogP contribution in [0.1, 0.15) is 12.8 Å². The molecule has 0 rings (SSSR count). The molecule has 0 unspecified atom stereocenters. The highest BCUT2D eigenvalue weighted by Crippen LogP contribution is 2.34. The van der Waals surface area contributed by atoms with Gasteiger partial charge in [-0.3, -0.25) is 0 Å². The standard InChI is InChI=1S/C6H4F8/c7-4(8)3(1-5(9,10)11)2-6(12,13)14/h1-2H2. The monoisotopic (exact) mass is 228 g/mol. The normalized spacial score (nSPS) is 12.9. The largest absolute Gasteiger partial charge is 0.392 e. The molecule has 14 heavy (non-hydrogen) atoms. The average Bonchev–Trinajstić information content (AvgIpc) is 1.78. The van der Waals surface area contributed by atoms with Crippen LogP contribution in [-0.4, -0.2) is 12.4 Å². The Hall–Kier alpha value is -0.820. The fraction of sp³-hybridized carbons (Fsp3) is 0.667. The molecule has 0 aromatic rings. The Morgan fingerprint density at radius 1 is 0.714 bits per heavy atom. The molecule has 8 heteroatoms. The van der Waals surface area contributed by atoms with Gasteiger partial charge in [0.1, 0.15) is 0 Å². The first-order valence-corrected chi connectivity index (χ1v) is 3.18. The predicted octanol–water partition coefficient (Wildman–Crippen LogP) is 4.04. The molecule has 0 nitrogen and oxygen atoms in total. The fourth-order valence-electron chi connectivity index (χ4n) is 0.680. The second-order valence-corrected chi connectivity index (χ2v) is 2.45. The van der Waals surface area contributed by atoms with Crippen molar-refractivity contribution in [3.05, 3.63) is 11.7 Å². The van der Waals surface area contributed by atoms with Crippen LogP contribution in [-0.2, 0) is 0 Å². The van der Waals surface area contributed by atoms with Crippen LogP contribution in [0.25, 0.3) is 0 Å². The Balaban J connectivity index is 4.59. The van der Waals surface area contributed by atoms with Crippen molar-refractivity contribution in [2.24, 2.45) is 0 Å². The summed E-state index contributed by atoms with van der Waals surface area (Å²) < 4.78 is 92.3. The first-order valence-electron chi connectivity index (χ1n) is 3.18. The number of rotatable bonds is 2. The van der Waals surface area contributed by atoms with Gasteiger partial charge in [0.05, 0.1) is 12.8 Å². The van der Waals surface area contributed by atoms with E-state index in [0.717, 1.165) is 0 Å². The minimum absolute atomic E-state index is 1.94. The third kappa shape index (κ3) is 6.67. The first-order chi connectivity index (χ1) is 6.01. The molecular weight excluding hydrogens is 224 g/mol. The van der Waals surface area contributed by atoms with E-state index in [4.69, 9.17) is 0 Å². The van der Waals surface area contributed by atoms with E-state index < -0.39 is 36.8 Å². The van der Waals surface area contributed by atoms with Gasteiger partial charge in [0.2, 0.25) is 0 Å². The molecule has 0 fully saturated rings. The number of hydrogen-bond donors (Lipinski definition) is 0. The molecule has 0 saturated carbocycles. The average molecular weight is 228 g/mol. The van der Waals surface area contributed by atoms with E-state index in [0.29, 0.717) is 0 Å². The summed E-state index contributed by atoms with van der Waals surface area (Å²) in [6.45, 7) is 0. The van der Waals surface area contributed by atoms with Gasteiger partial charge < -0.3 is 0 Å². The lowest BCUT2D eigenvalue weighted by Gasteiger charge is -2.11. The van der Waals surface area contributed by atoms with Gasteiger partial charge in [-0.25, -0.2) is 0 Å². The van der Waals surface area contributed by atoms with E-state index >= 15 is 0 Å². The van der Waals surface area contributed by atoms with Crippen LogP contribution in [0.2, 0.25) is 0 Å². The molecule has 0 bridgehead atoms. The summed E-state index contributed by atoms with van der Waals surface area (Å²) in [5, 5.41) is 0. The molecule has 0 aliphatic rings. The summed E-state index contributed by atoms with van der Waals surface area (Å²) in [4.78, 5) is 0. The molecule has 0 aliphatic carbocycles. The zero-order valence-electron chi connectivity index (χ0n) is 6.44. The second-order valence-electron chi connectivity index (χ2n) is 2.45. The predicted molar refractivity (Wildman–Crippen MR) is 30.6 cm³/mol. The van der Waals surface area contributed by atoms with Gasteiger partial charge in [0.25, 0.3) is 6.08 Å². The number of halogens is 8. The molecule has 0 saturated heterocycles. The second kappa shape index (κ2) is 4.14. The van der Waals surface area contributed by atoms with E-state index in [9.17, 15) is 35.1 Å². The zero-order valence-corrected chi connectivity index (χ0v) is 6.44. The molecule has 0 aromatic heterocycles. The van der Waals surface area contributed by atoms with Crippen molar-refractivity contribution in [2.75, 3.05) is 0 Å². The molecule has 0 heterocycles.